The highest BCUT2D eigenvalue weighted by Gasteiger charge is 2.40. The maximum Gasteiger partial charge on any atom is 0.170 e. The van der Waals surface area contributed by atoms with Crippen molar-refractivity contribution in [2.45, 2.75) is 38.5 Å². The van der Waals surface area contributed by atoms with Crippen LogP contribution in [0.5, 0.6) is 0 Å². The molecular formula is C21H23N5S. The quantitative estimate of drug-likeness (QED) is 0.680. The lowest BCUT2D eigenvalue weighted by Gasteiger charge is -2.27. The average molecular weight is 378 g/mol. The lowest BCUT2D eigenvalue weighted by atomic mass is 9.99. The van der Waals surface area contributed by atoms with E-state index in [9.17, 15) is 0 Å². The first-order valence-electron chi connectivity index (χ1n) is 9.18. The third-order valence-electron chi connectivity index (χ3n) is 4.95. The fourth-order valence-corrected chi connectivity index (χ4v) is 3.86. The van der Waals surface area contributed by atoms with Gasteiger partial charge in [0.1, 0.15) is 0 Å². The second-order valence-corrected chi connectivity index (χ2v) is 7.49. The van der Waals surface area contributed by atoms with E-state index in [4.69, 9.17) is 12.2 Å². The highest BCUT2D eigenvalue weighted by molar-refractivity contribution is 7.80. The van der Waals surface area contributed by atoms with Gasteiger partial charge in [-0.15, -0.1) is 0 Å². The molecule has 1 aliphatic rings. The number of nitrogens with one attached hydrogen (secondary N) is 1. The predicted octanol–water partition coefficient (Wildman–Crippen LogP) is 4.03. The van der Waals surface area contributed by atoms with Crippen LogP contribution in [0.3, 0.4) is 0 Å². The Morgan fingerprint density at radius 2 is 2.04 bits per heavy atom. The number of hydrogen-bond acceptors (Lipinski definition) is 3. The highest BCUT2D eigenvalue weighted by Crippen LogP contribution is 2.39. The molecule has 5 nitrogen and oxygen atoms in total. The molecule has 4 heterocycles. The summed E-state index contributed by atoms with van der Waals surface area (Å²) in [4.78, 5) is 11.1. The highest BCUT2D eigenvalue weighted by atomic mass is 32.1. The zero-order valence-electron chi connectivity index (χ0n) is 15.5. The summed E-state index contributed by atoms with van der Waals surface area (Å²) < 4.78 is 2.23. The Morgan fingerprint density at radius 3 is 2.70 bits per heavy atom. The number of thiocarbonyl (C=S) groups is 1. The Labute approximate surface area is 165 Å². The lowest BCUT2D eigenvalue weighted by molar-refractivity contribution is 0.310. The topological polar surface area (TPSA) is 46.0 Å². The van der Waals surface area contributed by atoms with Crippen LogP contribution >= 0.6 is 12.2 Å². The van der Waals surface area contributed by atoms with Crippen LogP contribution in [0.2, 0.25) is 0 Å². The van der Waals surface area contributed by atoms with Crippen LogP contribution in [-0.4, -0.2) is 24.5 Å². The molecule has 1 saturated heterocycles. The minimum absolute atomic E-state index is 0.0124. The molecule has 6 heteroatoms. The zero-order chi connectivity index (χ0) is 18.8. The molecule has 2 atom stereocenters. The van der Waals surface area contributed by atoms with E-state index >= 15 is 0 Å². The standard InChI is InChI=1S/C21H23N5S/c1-15(2)25-11-8-17(14-25)20-19(18-7-3-4-10-23-18)24-21(27)26(20)13-16-6-5-9-22-12-16/h3-12,14-15,19-20H,13H2,1-2H3,(H,24,27). The molecule has 0 radical (unpaired) electrons. The zero-order valence-corrected chi connectivity index (χ0v) is 16.3. The van der Waals surface area contributed by atoms with E-state index in [-0.39, 0.29) is 12.1 Å². The maximum absolute atomic E-state index is 5.71. The third-order valence-corrected chi connectivity index (χ3v) is 5.30. The summed E-state index contributed by atoms with van der Waals surface area (Å²) in [5.74, 6) is 0. The second-order valence-electron chi connectivity index (χ2n) is 7.10. The van der Waals surface area contributed by atoms with E-state index in [2.05, 4.69) is 69.2 Å². The molecule has 1 aliphatic heterocycles. The third kappa shape index (κ3) is 3.57. The van der Waals surface area contributed by atoms with Gasteiger partial charge in [-0.2, -0.15) is 0 Å². The van der Waals surface area contributed by atoms with Crippen molar-refractivity contribution in [2.24, 2.45) is 0 Å². The van der Waals surface area contributed by atoms with Gasteiger partial charge in [0.25, 0.3) is 0 Å². The first-order chi connectivity index (χ1) is 13.1. The molecule has 2 unspecified atom stereocenters. The van der Waals surface area contributed by atoms with Crippen LogP contribution in [-0.2, 0) is 6.54 Å². The van der Waals surface area contributed by atoms with Crippen molar-refractivity contribution < 1.29 is 0 Å². The SMILES string of the molecule is CC(C)n1ccc(C2C(c3ccccn3)NC(=S)N2Cc2cccnc2)c1. The van der Waals surface area contributed by atoms with Crippen LogP contribution in [0.4, 0.5) is 0 Å². The smallest absolute Gasteiger partial charge is 0.170 e. The number of rotatable bonds is 5. The average Bonchev–Trinajstić information content (AvgIpc) is 3.29. The number of nitrogens with zero attached hydrogens (tertiary/aromatic N) is 4. The van der Waals surface area contributed by atoms with Crippen LogP contribution in [0.1, 0.15) is 48.8 Å². The van der Waals surface area contributed by atoms with Gasteiger partial charge in [0.15, 0.2) is 5.11 Å². The van der Waals surface area contributed by atoms with E-state index in [1.54, 1.807) is 6.20 Å². The summed E-state index contributed by atoms with van der Waals surface area (Å²) in [7, 11) is 0. The molecule has 0 aromatic carbocycles. The van der Waals surface area contributed by atoms with Gasteiger partial charge >= 0.3 is 0 Å². The van der Waals surface area contributed by atoms with Crippen LogP contribution in [0.15, 0.2) is 67.4 Å². The molecule has 3 aromatic rings. The van der Waals surface area contributed by atoms with Crippen molar-refractivity contribution in [1.82, 2.24) is 24.8 Å². The van der Waals surface area contributed by atoms with E-state index in [0.717, 1.165) is 16.4 Å². The molecule has 27 heavy (non-hydrogen) atoms. The normalized spacial score (nSPS) is 19.5. The molecule has 3 aromatic heterocycles. The molecule has 0 amide bonds. The van der Waals surface area contributed by atoms with Gasteiger partial charge < -0.3 is 14.8 Å². The Kier molecular flexibility index (Phi) is 4.90. The summed E-state index contributed by atoms with van der Waals surface area (Å²) in [5.41, 5.74) is 3.36. The van der Waals surface area contributed by atoms with Crippen molar-refractivity contribution in [3.8, 4) is 0 Å². The van der Waals surface area contributed by atoms with E-state index in [1.165, 1.54) is 5.56 Å². The van der Waals surface area contributed by atoms with Gasteiger partial charge in [-0.05, 0) is 61.5 Å². The van der Waals surface area contributed by atoms with Gasteiger partial charge in [-0.25, -0.2) is 0 Å². The Morgan fingerprint density at radius 1 is 1.15 bits per heavy atom. The summed E-state index contributed by atoms with van der Waals surface area (Å²) in [6.45, 7) is 5.08. The van der Waals surface area contributed by atoms with Crippen LogP contribution in [0.25, 0.3) is 0 Å². The van der Waals surface area contributed by atoms with E-state index < -0.39 is 0 Å². The lowest BCUT2D eigenvalue weighted by Crippen LogP contribution is -2.29. The number of aromatic nitrogens is 3. The molecule has 1 fully saturated rings. The van der Waals surface area contributed by atoms with Crippen molar-refractivity contribution in [3.63, 3.8) is 0 Å². The number of hydrogen-bond donors (Lipinski definition) is 1. The molecule has 0 bridgehead atoms. The van der Waals surface area contributed by atoms with E-state index in [1.807, 2.05) is 30.6 Å². The summed E-state index contributed by atoms with van der Waals surface area (Å²) >= 11 is 5.71. The fraction of sp³-hybridized carbons (Fsp3) is 0.286. The molecule has 0 aliphatic carbocycles. The van der Waals surface area contributed by atoms with Crippen molar-refractivity contribution >= 4 is 17.3 Å². The molecule has 0 spiro atoms. The van der Waals surface area contributed by atoms with Crippen LogP contribution < -0.4 is 5.32 Å². The first kappa shape index (κ1) is 17.7. The molecule has 138 valence electrons. The molecule has 4 rings (SSSR count). The van der Waals surface area contributed by atoms with Crippen molar-refractivity contribution in [2.75, 3.05) is 0 Å². The predicted molar refractivity (Wildman–Crippen MR) is 110 cm³/mol. The number of pyridine rings is 2. The summed E-state index contributed by atoms with van der Waals surface area (Å²) in [6.07, 6.45) is 9.88. The first-order valence-corrected chi connectivity index (χ1v) is 9.58. The van der Waals surface area contributed by atoms with Crippen LogP contribution in [0, 0.1) is 0 Å². The fourth-order valence-electron chi connectivity index (χ4n) is 3.55. The summed E-state index contributed by atoms with van der Waals surface area (Å²) in [6, 6.07) is 12.8. The Bertz CT molecular complexity index is 907. The molecule has 0 saturated carbocycles. The maximum atomic E-state index is 5.71. The Hall–Kier alpha value is -2.73. The minimum atomic E-state index is 0.0124. The minimum Gasteiger partial charge on any atom is -0.352 e. The molecular weight excluding hydrogens is 354 g/mol. The van der Waals surface area contributed by atoms with Crippen molar-refractivity contribution in [3.05, 3.63) is 84.2 Å². The van der Waals surface area contributed by atoms with Gasteiger partial charge in [-0.3, -0.25) is 9.97 Å². The second kappa shape index (κ2) is 7.48. The molecule has 1 N–H and O–H groups in total. The van der Waals surface area contributed by atoms with Gasteiger partial charge in [0, 0.05) is 43.6 Å². The van der Waals surface area contributed by atoms with Crippen molar-refractivity contribution in [1.29, 1.82) is 0 Å². The monoisotopic (exact) mass is 377 g/mol. The van der Waals surface area contributed by atoms with Gasteiger partial charge in [0.05, 0.1) is 17.8 Å². The Balaban J connectivity index is 1.73. The summed E-state index contributed by atoms with van der Waals surface area (Å²) in [5, 5.41) is 4.24. The van der Waals surface area contributed by atoms with E-state index in [0.29, 0.717) is 12.6 Å². The van der Waals surface area contributed by atoms with Gasteiger partial charge in [0.2, 0.25) is 0 Å². The largest absolute Gasteiger partial charge is 0.352 e. The van der Waals surface area contributed by atoms with Gasteiger partial charge in [-0.1, -0.05) is 12.1 Å².